The van der Waals surface area contributed by atoms with Crippen LogP contribution in [0.15, 0.2) is 23.1 Å². The zero-order valence-electron chi connectivity index (χ0n) is 10.1. The molecular formula is C11H14ClNO4S. The first kappa shape index (κ1) is 14.9. The average Bonchev–Trinajstić information content (AvgIpc) is 2.24. The molecule has 5 nitrogen and oxygen atoms in total. The standard InChI is InChI=1S/C11H14ClNO4S/c1-3-13(7-11(14)15)18(16,17)10-5-4-8(2)6-9(10)12/h4-6H,3,7H2,1-2H3,(H,14,15). The average molecular weight is 292 g/mol. The monoisotopic (exact) mass is 291 g/mol. The molecule has 0 radical (unpaired) electrons. The van der Waals surface area contributed by atoms with E-state index in [2.05, 4.69) is 0 Å². The number of likely N-dealkylation sites (N-methyl/N-ethyl adjacent to an activating group) is 1. The molecule has 0 aliphatic carbocycles. The van der Waals surface area contributed by atoms with Gasteiger partial charge in [0.1, 0.15) is 11.4 Å². The Morgan fingerprint density at radius 1 is 1.44 bits per heavy atom. The minimum atomic E-state index is -3.87. The normalized spacial score (nSPS) is 11.8. The van der Waals surface area contributed by atoms with Gasteiger partial charge in [-0.25, -0.2) is 8.42 Å². The lowest BCUT2D eigenvalue weighted by atomic mass is 10.2. The summed E-state index contributed by atoms with van der Waals surface area (Å²) < 4.78 is 25.3. The molecule has 1 aromatic carbocycles. The number of halogens is 1. The lowest BCUT2D eigenvalue weighted by molar-refractivity contribution is -0.137. The van der Waals surface area contributed by atoms with Crippen molar-refractivity contribution in [2.24, 2.45) is 0 Å². The number of hydrogen-bond donors (Lipinski definition) is 1. The zero-order chi connectivity index (χ0) is 13.9. The van der Waals surface area contributed by atoms with Gasteiger partial charge >= 0.3 is 5.97 Å². The molecule has 0 unspecified atom stereocenters. The molecule has 1 rings (SSSR count). The van der Waals surface area contributed by atoms with E-state index in [1.807, 2.05) is 0 Å². The SMILES string of the molecule is CCN(CC(=O)O)S(=O)(=O)c1ccc(C)cc1Cl. The summed E-state index contributed by atoms with van der Waals surface area (Å²) in [5, 5.41) is 8.80. The number of aryl methyl sites for hydroxylation is 1. The van der Waals surface area contributed by atoms with Crippen LogP contribution in [0.5, 0.6) is 0 Å². The van der Waals surface area contributed by atoms with Crippen LogP contribution in [-0.2, 0) is 14.8 Å². The molecule has 18 heavy (non-hydrogen) atoms. The molecule has 1 aromatic rings. The van der Waals surface area contributed by atoms with Gasteiger partial charge in [-0.1, -0.05) is 24.6 Å². The predicted molar refractivity (Wildman–Crippen MR) is 68.3 cm³/mol. The number of sulfonamides is 1. The lowest BCUT2D eigenvalue weighted by Gasteiger charge is -2.19. The molecule has 0 spiro atoms. The summed E-state index contributed by atoms with van der Waals surface area (Å²) in [4.78, 5) is 10.6. The zero-order valence-corrected chi connectivity index (χ0v) is 11.6. The highest BCUT2D eigenvalue weighted by Crippen LogP contribution is 2.25. The van der Waals surface area contributed by atoms with Gasteiger partial charge < -0.3 is 5.11 Å². The third kappa shape index (κ3) is 3.22. The minimum Gasteiger partial charge on any atom is -0.480 e. The Hall–Kier alpha value is -1.11. The number of benzene rings is 1. The van der Waals surface area contributed by atoms with Gasteiger partial charge in [0.15, 0.2) is 0 Å². The van der Waals surface area contributed by atoms with Crippen LogP contribution in [-0.4, -0.2) is 36.9 Å². The molecule has 0 aromatic heterocycles. The maximum Gasteiger partial charge on any atom is 0.318 e. The fourth-order valence-corrected chi connectivity index (χ4v) is 3.44. The van der Waals surface area contributed by atoms with Crippen LogP contribution < -0.4 is 0 Å². The van der Waals surface area contributed by atoms with Gasteiger partial charge in [-0.3, -0.25) is 4.79 Å². The first-order valence-corrected chi connectivity index (χ1v) is 7.09. The summed E-state index contributed by atoms with van der Waals surface area (Å²) in [6.45, 7) is 2.85. The first-order valence-electron chi connectivity index (χ1n) is 5.27. The summed E-state index contributed by atoms with van der Waals surface area (Å²) >= 11 is 5.90. The van der Waals surface area contributed by atoms with Gasteiger partial charge in [0.2, 0.25) is 10.0 Å². The molecule has 0 heterocycles. The Kier molecular flexibility index (Phi) is 4.72. The molecule has 0 fully saturated rings. The summed E-state index contributed by atoms with van der Waals surface area (Å²) in [5.41, 5.74) is 0.834. The van der Waals surface area contributed by atoms with Crippen LogP contribution in [0.4, 0.5) is 0 Å². The van der Waals surface area contributed by atoms with E-state index >= 15 is 0 Å². The van der Waals surface area contributed by atoms with Crippen LogP contribution in [0.25, 0.3) is 0 Å². The molecule has 100 valence electrons. The second-order valence-electron chi connectivity index (χ2n) is 3.76. The lowest BCUT2D eigenvalue weighted by Crippen LogP contribution is -2.35. The van der Waals surface area contributed by atoms with Gasteiger partial charge in [0.25, 0.3) is 0 Å². The Morgan fingerprint density at radius 2 is 2.06 bits per heavy atom. The van der Waals surface area contributed by atoms with Crippen LogP contribution in [0, 0.1) is 6.92 Å². The quantitative estimate of drug-likeness (QED) is 0.897. The molecule has 0 amide bonds. The van der Waals surface area contributed by atoms with Crippen LogP contribution in [0.1, 0.15) is 12.5 Å². The maximum atomic E-state index is 12.2. The van der Waals surface area contributed by atoms with Crippen LogP contribution >= 0.6 is 11.6 Å². The van der Waals surface area contributed by atoms with Crippen LogP contribution in [0.3, 0.4) is 0 Å². The number of carbonyl (C=O) groups is 1. The van der Waals surface area contributed by atoms with Gasteiger partial charge in [0, 0.05) is 6.54 Å². The van der Waals surface area contributed by atoms with Crippen LogP contribution in [0.2, 0.25) is 5.02 Å². The van der Waals surface area contributed by atoms with E-state index in [1.54, 1.807) is 19.9 Å². The summed E-state index contributed by atoms with van der Waals surface area (Å²) in [5.74, 6) is -1.20. The molecule has 0 bridgehead atoms. The molecule has 0 saturated heterocycles. The fourth-order valence-electron chi connectivity index (χ4n) is 1.47. The molecular weight excluding hydrogens is 278 g/mol. The Bertz CT molecular complexity index is 556. The van der Waals surface area contributed by atoms with E-state index in [0.717, 1.165) is 9.87 Å². The maximum absolute atomic E-state index is 12.2. The second kappa shape index (κ2) is 5.69. The van der Waals surface area contributed by atoms with Crippen molar-refractivity contribution in [3.05, 3.63) is 28.8 Å². The smallest absolute Gasteiger partial charge is 0.318 e. The summed E-state index contributed by atoms with van der Waals surface area (Å²) in [6, 6.07) is 4.54. The third-order valence-corrected chi connectivity index (χ3v) is 4.77. The third-order valence-electron chi connectivity index (χ3n) is 2.37. The Balaban J connectivity index is 3.23. The van der Waals surface area contributed by atoms with E-state index in [1.165, 1.54) is 12.1 Å². The predicted octanol–water partition coefficient (Wildman–Crippen LogP) is 1.74. The Labute approximate surface area is 111 Å². The van der Waals surface area contributed by atoms with E-state index in [4.69, 9.17) is 16.7 Å². The first-order chi connectivity index (χ1) is 8.28. The van der Waals surface area contributed by atoms with Crippen molar-refractivity contribution < 1.29 is 18.3 Å². The van der Waals surface area contributed by atoms with Crippen molar-refractivity contribution in [2.75, 3.05) is 13.1 Å². The summed E-state index contributed by atoms with van der Waals surface area (Å²) in [6.07, 6.45) is 0. The van der Waals surface area contributed by atoms with E-state index in [9.17, 15) is 13.2 Å². The number of carboxylic acids is 1. The second-order valence-corrected chi connectivity index (χ2v) is 6.07. The molecule has 0 saturated carbocycles. The molecule has 7 heteroatoms. The molecule has 0 aliphatic rings. The van der Waals surface area contributed by atoms with Gasteiger partial charge in [-0.2, -0.15) is 4.31 Å². The Morgan fingerprint density at radius 3 is 2.50 bits per heavy atom. The van der Waals surface area contributed by atoms with Crippen molar-refractivity contribution in [3.63, 3.8) is 0 Å². The minimum absolute atomic E-state index is 0.0683. The van der Waals surface area contributed by atoms with Gasteiger partial charge in [-0.05, 0) is 24.6 Å². The van der Waals surface area contributed by atoms with Crippen molar-refractivity contribution in [3.8, 4) is 0 Å². The number of rotatable bonds is 5. The van der Waals surface area contributed by atoms with Crippen molar-refractivity contribution in [1.82, 2.24) is 4.31 Å². The number of nitrogens with zero attached hydrogens (tertiary/aromatic N) is 1. The molecule has 1 N–H and O–H groups in total. The summed E-state index contributed by atoms with van der Waals surface area (Å²) in [7, 11) is -3.87. The van der Waals surface area contributed by atoms with Crippen molar-refractivity contribution >= 4 is 27.6 Å². The highest BCUT2D eigenvalue weighted by molar-refractivity contribution is 7.89. The largest absolute Gasteiger partial charge is 0.480 e. The van der Waals surface area contributed by atoms with Gasteiger partial charge in [-0.15, -0.1) is 0 Å². The fraction of sp³-hybridized carbons (Fsp3) is 0.364. The van der Waals surface area contributed by atoms with Gasteiger partial charge in [0.05, 0.1) is 5.02 Å². The van der Waals surface area contributed by atoms with Crippen molar-refractivity contribution in [1.29, 1.82) is 0 Å². The van der Waals surface area contributed by atoms with E-state index in [0.29, 0.717) is 0 Å². The number of carboxylic acid groups (broad SMARTS) is 1. The molecule has 0 atom stereocenters. The van der Waals surface area contributed by atoms with E-state index < -0.39 is 22.5 Å². The topological polar surface area (TPSA) is 74.7 Å². The highest BCUT2D eigenvalue weighted by atomic mass is 35.5. The van der Waals surface area contributed by atoms with E-state index in [-0.39, 0.29) is 16.5 Å². The number of aliphatic carboxylic acids is 1. The van der Waals surface area contributed by atoms with Crippen molar-refractivity contribution in [2.45, 2.75) is 18.7 Å². The highest BCUT2D eigenvalue weighted by Gasteiger charge is 2.27. The number of hydrogen-bond acceptors (Lipinski definition) is 3. The molecule has 0 aliphatic heterocycles.